The first-order valence-electron chi connectivity index (χ1n) is 5.59. The van der Waals surface area contributed by atoms with Crippen molar-refractivity contribution in [3.8, 4) is 0 Å². The number of hydrogen-bond donors (Lipinski definition) is 0. The number of carbonyl (C=O) groups excluding carboxylic acids is 1. The highest BCUT2D eigenvalue weighted by Crippen LogP contribution is 2.26. The second-order valence-electron chi connectivity index (χ2n) is 4.79. The Labute approximate surface area is 109 Å². The van der Waals surface area contributed by atoms with Crippen LogP contribution in [0, 0.1) is 11.8 Å². The van der Waals surface area contributed by atoms with Crippen molar-refractivity contribution in [2.45, 2.75) is 20.3 Å². The van der Waals surface area contributed by atoms with Crippen LogP contribution in [0.25, 0.3) is 0 Å². The zero-order valence-electron chi connectivity index (χ0n) is 9.57. The molecule has 1 aromatic heterocycles. The summed E-state index contributed by atoms with van der Waals surface area (Å²) >= 11 is 4.90. The maximum absolute atomic E-state index is 12.2. The Morgan fingerprint density at radius 3 is 2.56 bits per heavy atom. The lowest BCUT2D eigenvalue weighted by molar-refractivity contribution is 0.0628. The van der Waals surface area contributed by atoms with Gasteiger partial charge in [0.1, 0.15) is 0 Å². The van der Waals surface area contributed by atoms with Crippen LogP contribution in [-0.4, -0.2) is 23.9 Å². The van der Waals surface area contributed by atoms with Gasteiger partial charge in [-0.05, 0) is 40.3 Å². The topological polar surface area (TPSA) is 20.3 Å². The third-order valence-electron chi connectivity index (χ3n) is 2.93. The minimum Gasteiger partial charge on any atom is -0.337 e. The highest BCUT2D eigenvalue weighted by atomic mass is 79.9. The molecule has 1 aliphatic rings. The monoisotopic (exact) mass is 301 g/mol. The summed E-state index contributed by atoms with van der Waals surface area (Å²) in [7, 11) is 0. The molecule has 1 aromatic rings. The van der Waals surface area contributed by atoms with Crippen molar-refractivity contribution in [1.29, 1.82) is 0 Å². The minimum atomic E-state index is 0.189. The Kier molecular flexibility index (Phi) is 3.70. The molecule has 2 rings (SSSR count). The SMILES string of the molecule is C[C@@H]1C[C@@H](C)CN(C(=O)c2cc(Br)cs2)C1. The molecule has 88 valence electrons. The molecule has 1 amide bonds. The largest absolute Gasteiger partial charge is 0.337 e. The van der Waals surface area contributed by atoms with Gasteiger partial charge in [0.25, 0.3) is 5.91 Å². The van der Waals surface area contributed by atoms with Crippen molar-refractivity contribution < 1.29 is 4.79 Å². The molecule has 0 radical (unpaired) electrons. The average molecular weight is 302 g/mol. The lowest BCUT2D eigenvalue weighted by Gasteiger charge is -2.34. The van der Waals surface area contributed by atoms with Gasteiger partial charge in [0, 0.05) is 22.9 Å². The fraction of sp³-hybridized carbons (Fsp3) is 0.583. The van der Waals surface area contributed by atoms with Crippen LogP contribution in [-0.2, 0) is 0 Å². The molecule has 2 nitrogen and oxygen atoms in total. The summed E-state index contributed by atoms with van der Waals surface area (Å²) < 4.78 is 0.999. The summed E-state index contributed by atoms with van der Waals surface area (Å²) in [5.74, 6) is 1.43. The highest BCUT2D eigenvalue weighted by molar-refractivity contribution is 9.10. The molecule has 0 unspecified atom stereocenters. The van der Waals surface area contributed by atoms with E-state index in [0.717, 1.165) is 22.4 Å². The number of thiophene rings is 1. The number of hydrogen-bond acceptors (Lipinski definition) is 2. The molecule has 0 aliphatic carbocycles. The van der Waals surface area contributed by atoms with E-state index in [4.69, 9.17) is 0 Å². The predicted octanol–water partition coefficient (Wildman–Crippen LogP) is 3.63. The molecule has 0 N–H and O–H groups in total. The lowest BCUT2D eigenvalue weighted by atomic mass is 9.92. The molecule has 2 atom stereocenters. The van der Waals surface area contributed by atoms with E-state index in [1.165, 1.54) is 17.8 Å². The molecule has 2 heterocycles. The van der Waals surface area contributed by atoms with Gasteiger partial charge in [-0.1, -0.05) is 13.8 Å². The van der Waals surface area contributed by atoms with Gasteiger partial charge >= 0.3 is 0 Å². The standard InChI is InChI=1S/C12H16BrNOS/c1-8-3-9(2)6-14(5-8)12(15)11-4-10(13)7-16-11/h4,7-9H,3,5-6H2,1-2H3/t8-,9-/m1/s1. The Balaban J connectivity index is 2.09. The van der Waals surface area contributed by atoms with Gasteiger partial charge in [-0.2, -0.15) is 0 Å². The van der Waals surface area contributed by atoms with Gasteiger partial charge in [0.05, 0.1) is 4.88 Å². The summed E-state index contributed by atoms with van der Waals surface area (Å²) in [5, 5.41) is 1.96. The Hall–Kier alpha value is -0.350. The molecule has 1 aliphatic heterocycles. The summed E-state index contributed by atoms with van der Waals surface area (Å²) in [5.41, 5.74) is 0. The number of halogens is 1. The number of piperidine rings is 1. The Morgan fingerprint density at radius 1 is 1.44 bits per heavy atom. The van der Waals surface area contributed by atoms with Crippen molar-refractivity contribution in [3.05, 3.63) is 20.8 Å². The molecule has 0 bridgehead atoms. The van der Waals surface area contributed by atoms with Crippen molar-refractivity contribution in [2.24, 2.45) is 11.8 Å². The predicted molar refractivity (Wildman–Crippen MR) is 70.9 cm³/mol. The molecule has 0 saturated carbocycles. The van der Waals surface area contributed by atoms with E-state index in [2.05, 4.69) is 29.8 Å². The van der Waals surface area contributed by atoms with Crippen molar-refractivity contribution in [2.75, 3.05) is 13.1 Å². The number of rotatable bonds is 1. The third kappa shape index (κ3) is 2.66. The van der Waals surface area contributed by atoms with Gasteiger partial charge in [-0.25, -0.2) is 0 Å². The maximum atomic E-state index is 12.2. The molecule has 16 heavy (non-hydrogen) atoms. The van der Waals surface area contributed by atoms with Crippen LogP contribution in [0.1, 0.15) is 29.9 Å². The van der Waals surface area contributed by atoms with E-state index in [1.807, 2.05) is 16.3 Å². The third-order valence-corrected chi connectivity index (χ3v) is 4.61. The van der Waals surface area contributed by atoms with Crippen LogP contribution in [0.2, 0.25) is 0 Å². The molecule has 1 fully saturated rings. The summed E-state index contributed by atoms with van der Waals surface area (Å²) in [6.45, 7) is 6.25. The summed E-state index contributed by atoms with van der Waals surface area (Å²) in [6.07, 6.45) is 1.23. The minimum absolute atomic E-state index is 0.189. The van der Waals surface area contributed by atoms with Crippen molar-refractivity contribution >= 4 is 33.2 Å². The molecule has 0 spiro atoms. The molecule has 0 aromatic carbocycles. The van der Waals surface area contributed by atoms with Crippen LogP contribution in [0.4, 0.5) is 0 Å². The van der Waals surface area contributed by atoms with Gasteiger partial charge in [0.2, 0.25) is 0 Å². The van der Waals surface area contributed by atoms with Gasteiger partial charge in [0.15, 0.2) is 0 Å². The first-order chi connectivity index (χ1) is 7.56. The number of carbonyl (C=O) groups is 1. The van der Waals surface area contributed by atoms with Crippen molar-refractivity contribution in [1.82, 2.24) is 4.90 Å². The van der Waals surface area contributed by atoms with Gasteiger partial charge in [-0.15, -0.1) is 11.3 Å². The zero-order valence-corrected chi connectivity index (χ0v) is 12.0. The number of nitrogens with zero attached hydrogens (tertiary/aromatic N) is 1. The smallest absolute Gasteiger partial charge is 0.263 e. The molecular weight excluding hydrogens is 286 g/mol. The van der Waals surface area contributed by atoms with Crippen LogP contribution < -0.4 is 0 Å². The quantitative estimate of drug-likeness (QED) is 0.776. The Morgan fingerprint density at radius 2 is 2.06 bits per heavy atom. The maximum Gasteiger partial charge on any atom is 0.263 e. The summed E-state index contributed by atoms with van der Waals surface area (Å²) in [4.78, 5) is 15.1. The second-order valence-corrected chi connectivity index (χ2v) is 6.61. The fourth-order valence-corrected chi connectivity index (χ4v) is 3.80. The van der Waals surface area contributed by atoms with E-state index >= 15 is 0 Å². The second kappa shape index (κ2) is 4.88. The first-order valence-corrected chi connectivity index (χ1v) is 7.27. The Bertz CT molecular complexity index is 380. The molecular formula is C12H16BrNOS. The normalized spacial score (nSPS) is 25.8. The van der Waals surface area contributed by atoms with Crippen LogP contribution in [0.15, 0.2) is 15.9 Å². The number of amides is 1. The average Bonchev–Trinajstić information content (AvgIpc) is 2.62. The van der Waals surface area contributed by atoms with E-state index in [0.29, 0.717) is 11.8 Å². The van der Waals surface area contributed by atoms with Crippen LogP contribution in [0.5, 0.6) is 0 Å². The van der Waals surface area contributed by atoms with Gasteiger partial charge < -0.3 is 4.90 Å². The van der Waals surface area contributed by atoms with E-state index in [1.54, 1.807) is 0 Å². The van der Waals surface area contributed by atoms with Gasteiger partial charge in [-0.3, -0.25) is 4.79 Å². The lowest BCUT2D eigenvalue weighted by Crippen LogP contribution is -2.42. The fourth-order valence-electron chi connectivity index (χ4n) is 2.41. The molecule has 1 saturated heterocycles. The molecule has 4 heteroatoms. The summed E-state index contributed by atoms with van der Waals surface area (Å²) in [6, 6.07) is 1.91. The van der Waals surface area contributed by atoms with E-state index < -0.39 is 0 Å². The van der Waals surface area contributed by atoms with E-state index in [9.17, 15) is 4.79 Å². The zero-order chi connectivity index (χ0) is 11.7. The number of likely N-dealkylation sites (tertiary alicyclic amines) is 1. The van der Waals surface area contributed by atoms with Crippen LogP contribution in [0.3, 0.4) is 0 Å². The van der Waals surface area contributed by atoms with Crippen LogP contribution >= 0.6 is 27.3 Å². The van der Waals surface area contributed by atoms with E-state index in [-0.39, 0.29) is 5.91 Å². The van der Waals surface area contributed by atoms with Crippen molar-refractivity contribution in [3.63, 3.8) is 0 Å². The first kappa shape index (κ1) is 12.1. The highest BCUT2D eigenvalue weighted by Gasteiger charge is 2.26.